The smallest absolute Gasteiger partial charge is 0.162 e. The number of aryl methyl sites for hydroxylation is 3. The summed E-state index contributed by atoms with van der Waals surface area (Å²) in [5.74, 6) is 0.730. The highest BCUT2D eigenvalue weighted by Crippen LogP contribution is 2.34. The van der Waals surface area contributed by atoms with Gasteiger partial charge in [0, 0.05) is 12.0 Å². The van der Waals surface area contributed by atoms with Crippen LogP contribution in [0.5, 0.6) is 0 Å². The third-order valence-corrected chi connectivity index (χ3v) is 5.98. The number of Topliss-reactive ketones (excluding diaryl/α,β-unsaturated/α-hetero) is 1. The van der Waals surface area contributed by atoms with Crippen LogP contribution in [-0.2, 0) is 6.42 Å². The van der Waals surface area contributed by atoms with E-state index in [9.17, 15) is 4.79 Å². The van der Waals surface area contributed by atoms with Crippen LogP contribution in [0.1, 0.15) is 39.9 Å². The van der Waals surface area contributed by atoms with Gasteiger partial charge in [0.1, 0.15) is 5.82 Å². The lowest BCUT2D eigenvalue weighted by molar-refractivity contribution is 0.0980. The quantitative estimate of drug-likeness (QED) is 0.320. The summed E-state index contributed by atoms with van der Waals surface area (Å²) in [6, 6.07) is 17.4. The number of halogens is 2. The number of nitrogens with zero attached hydrogens (tertiary/aromatic N) is 1. The normalized spacial score (nSPS) is 11.2. The molecule has 1 N–H and O–H groups in total. The average molecular weight is 437 g/mol. The maximum atomic E-state index is 12.7. The van der Waals surface area contributed by atoms with E-state index in [0.717, 1.165) is 23.9 Å². The molecular weight excluding hydrogens is 415 g/mol. The maximum Gasteiger partial charge on any atom is 0.162 e. The van der Waals surface area contributed by atoms with E-state index in [1.807, 2.05) is 18.2 Å². The van der Waals surface area contributed by atoms with Gasteiger partial charge in [-0.25, -0.2) is 4.98 Å². The molecule has 5 heteroatoms. The second-order valence-electron chi connectivity index (χ2n) is 7.62. The maximum absolute atomic E-state index is 12.7. The molecule has 0 aliphatic carbocycles. The largest absolute Gasteiger partial charge is 0.338 e. The van der Waals surface area contributed by atoms with E-state index in [-0.39, 0.29) is 5.78 Å². The van der Waals surface area contributed by atoms with Gasteiger partial charge in [-0.2, -0.15) is 0 Å². The Labute approximate surface area is 186 Å². The van der Waals surface area contributed by atoms with Crippen molar-refractivity contribution in [2.24, 2.45) is 0 Å². The number of H-pyrrole nitrogens is 1. The van der Waals surface area contributed by atoms with Crippen molar-refractivity contribution >= 4 is 40.0 Å². The van der Waals surface area contributed by atoms with Crippen molar-refractivity contribution < 1.29 is 4.79 Å². The summed E-state index contributed by atoms with van der Waals surface area (Å²) in [6.07, 6.45) is 2.24. The predicted molar refractivity (Wildman–Crippen MR) is 125 cm³/mol. The molecule has 0 bridgehead atoms. The molecule has 4 aromatic rings. The van der Waals surface area contributed by atoms with Crippen LogP contribution >= 0.6 is 23.2 Å². The SMILES string of the molecule is Cc1ccc(CCCC(=O)c2ccc3nc(-c4c(Cl)cccc4Cl)[nH]c3c2)c(C)c1. The molecule has 4 rings (SSSR count). The lowest BCUT2D eigenvalue weighted by Crippen LogP contribution is -2.00. The Hall–Kier alpha value is -2.62. The van der Waals surface area contributed by atoms with E-state index >= 15 is 0 Å². The van der Waals surface area contributed by atoms with Crippen LogP contribution in [0.4, 0.5) is 0 Å². The summed E-state index contributed by atoms with van der Waals surface area (Å²) in [6.45, 7) is 4.22. The second-order valence-corrected chi connectivity index (χ2v) is 8.44. The monoisotopic (exact) mass is 436 g/mol. The van der Waals surface area contributed by atoms with Crippen LogP contribution in [0.25, 0.3) is 22.4 Å². The van der Waals surface area contributed by atoms with Gasteiger partial charge in [-0.3, -0.25) is 4.79 Å². The van der Waals surface area contributed by atoms with E-state index in [0.29, 0.717) is 33.4 Å². The van der Waals surface area contributed by atoms with Gasteiger partial charge in [0.2, 0.25) is 0 Å². The molecular formula is C25H22Cl2N2O. The van der Waals surface area contributed by atoms with Crippen LogP contribution in [0.2, 0.25) is 10.0 Å². The Bertz CT molecular complexity index is 1220. The average Bonchev–Trinajstić information content (AvgIpc) is 3.12. The summed E-state index contributed by atoms with van der Waals surface area (Å²) in [7, 11) is 0. The number of hydrogen-bond acceptors (Lipinski definition) is 2. The van der Waals surface area contributed by atoms with E-state index in [1.165, 1.54) is 16.7 Å². The van der Waals surface area contributed by atoms with Gasteiger partial charge in [0.05, 0.1) is 26.6 Å². The number of rotatable bonds is 6. The first kappa shape index (κ1) is 20.6. The summed E-state index contributed by atoms with van der Waals surface area (Å²) in [5.41, 5.74) is 6.76. The van der Waals surface area contributed by atoms with Gasteiger partial charge in [-0.1, -0.05) is 53.0 Å². The zero-order valence-electron chi connectivity index (χ0n) is 16.9. The van der Waals surface area contributed by atoms with E-state index < -0.39 is 0 Å². The summed E-state index contributed by atoms with van der Waals surface area (Å²) >= 11 is 12.6. The molecule has 0 amide bonds. The van der Waals surface area contributed by atoms with Gasteiger partial charge in [-0.15, -0.1) is 0 Å². The number of carbonyl (C=O) groups excluding carboxylic acids is 1. The highest BCUT2D eigenvalue weighted by molar-refractivity contribution is 6.39. The highest BCUT2D eigenvalue weighted by atomic mass is 35.5. The molecule has 3 aromatic carbocycles. The van der Waals surface area contributed by atoms with E-state index in [4.69, 9.17) is 23.2 Å². The number of aromatic nitrogens is 2. The molecule has 0 aliphatic heterocycles. The van der Waals surface area contributed by atoms with Crippen LogP contribution in [-0.4, -0.2) is 15.8 Å². The molecule has 1 heterocycles. The third-order valence-electron chi connectivity index (χ3n) is 5.35. The molecule has 30 heavy (non-hydrogen) atoms. The highest BCUT2D eigenvalue weighted by Gasteiger charge is 2.14. The van der Waals surface area contributed by atoms with Crippen molar-refractivity contribution in [3.05, 3.63) is 86.9 Å². The number of ketones is 1. The zero-order valence-corrected chi connectivity index (χ0v) is 18.4. The van der Waals surface area contributed by atoms with Crippen molar-refractivity contribution in [3.8, 4) is 11.4 Å². The van der Waals surface area contributed by atoms with Crippen molar-refractivity contribution in [2.45, 2.75) is 33.1 Å². The van der Waals surface area contributed by atoms with Crippen LogP contribution in [0.3, 0.4) is 0 Å². The summed E-state index contributed by atoms with van der Waals surface area (Å²) in [4.78, 5) is 20.6. The fraction of sp³-hybridized carbons (Fsp3) is 0.200. The fourth-order valence-electron chi connectivity index (χ4n) is 3.74. The minimum Gasteiger partial charge on any atom is -0.338 e. The number of imidazole rings is 1. The van der Waals surface area contributed by atoms with E-state index in [2.05, 4.69) is 42.0 Å². The fourth-order valence-corrected chi connectivity index (χ4v) is 4.31. The second kappa shape index (κ2) is 8.63. The molecule has 0 atom stereocenters. The Morgan fingerprint density at radius 2 is 1.77 bits per heavy atom. The molecule has 0 spiro atoms. The Morgan fingerprint density at radius 1 is 1.00 bits per heavy atom. The Balaban J connectivity index is 1.50. The lowest BCUT2D eigenvalue weighted by Gasteiger charge is -2.07. The summed E-state index contributed by atoms with van der Waals surface area (Å²) < 4.78 is 0. The van der Waals surface area contributed by atoms with Gasteiger partial charge in [0.15, 0.2) is 5.78 Å². The molecule has 0 saturated heterocycles. The number of carbonyl (C=O) groups is 1. The minimum absolute atomic E-state index is 0.133. The molecule has 0 radical (unpaired) electrons. The number of benzene rings is 3. The van der Waals surface area contributed by atoms with Crippen molar-refractivity contribution in [1.82, 2.24) is 9.97 Å². The Morgan fingerprint density at radius 3 is 2.50 bits per heavy atom. The topological polar surface area (TPSA) is 45.8 Å². The molecule has 152 valence electrons. The van der Waals surface area contributed by atoms with Gasteiger partial charge in [-0.05, 0) is 68.1 Å². The van der Waals surface area contributed by atoms with Crippen LogP contribution < -0.4 is 0 Å². The lowest BCUT2D eigenvalue weighted by atomic mass is 9.98. The zero-order chi connectivity index (χ0) is 21.3. The first-order chi connectivity index (χ1) is 14.4. The number of fused-ring (bicyclic) bond motifs is 1. The van der Waals surface area contributed by atoms with Gasteiger partial charge >= 0.3 is 0 Å². The van der Waals surface area contributed by atoms with Gasteiger partial charge < -0.3 is 4.98 Å². The number of aromatic amines is 1. The van der Waals surface area contributed by atoms with Crippen LogP contribution in [0, 0.1) is 13.8 Å². The predicted octanol–water partition coefficient (Wildman–Crippen LogP) is 7.36. The minimum atomic E-state index is 0.133. The molecule has 3 nitrogen and oxygen atoms in total. The first-order valence-electron chi connectivity index (χ1n) is 9.96. The van der Waals surface area contributed by atoms with Crippen LogP contribution in [0.15, 0.2) is 54.6 Å². The molecule has 0 unspecified atom stereocenters. The van der Waals surface area contributed by atoms with Crippen molar-refractivity contribution in [3.63, 3.8) is 0 Å². The van der Waals surface area contributed by atoms with Crippen molar-refractivity contribution in [1.29, 1.82) is 0 Å². The number of hydrogen-bond donors (Lipinski definition) is 1. The molecule has 0 aliphatic rings. The van der Waals surface area contributed by atoms with Crippen molar-refractivity contribution in [2.75, 3.05) is 0 Å². The molecule has 0 fully saturated rings. The number of nitrogens with one attached hydrogen (secondary N) is 1. The third kappa shape index (κ3) is 4.28. The van der Waals surface area contributed by atoms with Gasteiger partial charge in [0.25, 0.3) is 0 Å². The summed E-state index contributed by atoms with van der Waals surface area (Å²) in [5, 5.41) is 1.06. The first-order valence-corrected chi connectivity index (χ1v) is 10.7. The Kier molecular flexibility index (Phi) is 5.94. The standard InChI is InChI=1S/C25H22Cl2N2O/c1-15-9-10-17(16(2)13-15)5-3-8-23(30)18-11-12-21-22(14-18)29-25(28-21)24-19(26)6-4-7-20(24)27/h4,6-7,9-14H,3,5,8H2,1-2H3,(H,28,29). The molecule has 1 aromatic heterocycles. The van der Waals surface area contributed by atoms with E-state index in [1.54, 1.807) is 18.2 Å². The molecule has 0 saturated carbocycles.